The number of ether oxygens (including phenoxy) is 1. The Morgan fingerprint density at radius 1 is 1.35 bits per heavy atom. The molecule has 10 heteroatoms. The maximum atomic E-state index is 13.9. The van der Waals surface area contributed by atoms with Gasteiger partial charge in [-0.3, -0.25) is 4.79 Å². The molecule has 8 nitrogen and oxygen atoms in total. The van der Waals surface area contributed by atoms with Gasteiger partial charge in [0, 0.05) is 35.9 Å². The van der Waals surface area contributed by atoms with Gasteiger partial charge in [0.05, 0.1) is 6.61 Å². The Bertz CT molecular complexity index is 1150. The van der Waals surface area contributed by atoms with E-state index in [0.717, 1.165) is 21.3 Å². The van der Waals surface area contributed by atoms with Crippen LogP contribution in [0.5, 0.6) is 5.75 Å². The fourth-order valence-corrected chi connectivity index (χ4v) is 4.42. The number of nitrogens with two attached hydrogens (primary N) is 1. The molecule has 0 saturated heterocycles. The minimum atomic E-state index is -0.901. The minimum absolute atomic E-state index is 0.00155. The molecule has 1 amide bonds. The van der Waals surface area contributed by atoms with Gasteiger partial charge in [-0.1, -0.05) is 13.8 Å². The van der Waals surface area contributed by atoms with Crippen LogP contribution < -0.4 is 15.8 Å². The molecule has 0 spiro atoms. The first-order valence-electron chi connectivity index (χ1n) is 10.2. The number of imidazole rings is 1. The van der Waals surface area contributed by atoms with Crippen molar-refractivity contribution in [1.29, 1.82) is 0 Å². The van der Waals surface area contributed by atoms with Gasteiger partial charge in [0.2, 0.25) is 5.91 Å². The number of amides is 1. The third-order valence-corrected chi connectivity index (χ3v) is 6.14. The van der Waals surface area contributed by atoms with Gasteiger partial charge in [-0.15, -0.1) is 0 Å². The molecule has 3 N–H and O–H groups in total. The first-order chi connectivity index (χ1) is 14.8. The third-order valence-electron chi connectivity index (χ3n) is 5.13. The van der Waals surface area contributed by atoms with Gasteiger partial charge in [0.25, 0.3) is 0 Å². The quantitative estimate of drug-likeness (QED) is 0.354. The number of aromatic nitrogens is 4. The van der Waals surface area contributed by atoms with Crippen LogP contribution in [0.2, 0.25) is 0 Å². The number of hydrogen-bond acceptors (Lipinski definition) is 6. The normalized spacial score (nSPS) is 12.9. The van der Waals surface area contributed by atoms with Crippen molar-refractivity contribution in [2.45, 2.75) is 39.7 Å². The number of nitrogens with one attached hydrogen (secondary N) is 1. The number of nitrogens with zero attached hydrogens (tertiary/aromatic N) is 4. The molecule has 164 valence electrons. The molecule has 0 aliphatic carbocycles. The molecule has 4 rings (SSSR count). The molecule has 0 saturated carbocycles. The molecule has 0 unspecified atom stereocenters. The number of benzene rings is 1. The van der Waals surface area contributed by atoms with E-state index in [4.69, 9.17) is 10.5 Å². The number of nitrogen functional groups attached to an aromatic ring is 1. The van der Waals surface area contributed by atoms with Gasteiger partial charge in [0.1, 0.15) is 11.6 Å². The fourth-order valence-electron chi connectivity index (χ4n) is 3.70. The standard InChI is InChI=1S/C21H24FIN6O2/c1-11(2)7-17(30)25-4-5-29-16(26-18-19(24)27-21(22)28-20(18)29)10-13-9-15-12(3-6-31-15)8-14(13)23/h8-9,11H,3-7,10H2,1-2H3,(H,25,30)(H2,24,27,28). The van der Waals surface area contributed by atoms with Crippen LogP contribution in [-0.4, -0.2) is 38.6 Å². The molecule has 31 heavy (non-hydrogen) atoms. The van der Waals surface area contributed by atoms with Crippen molar-refractivity contribution in [3.63, 3.8) is 0 Å². The number of rotatable bonds is 7. The second-order valence-electron chi connectivity index (χ2n) is 8.00. The number of carbonyl (C=O) groups is 1. The zero-order chi connectivity index (χ0) is 22.1. The predicted octanol–water partition coefficient (Wildman–Crippen LogP) is 2.84. The van der Waals surface area contributed by atoms with Crippen molar-refractivity contribution in [3.05, 3.63) is 38.7 Å². The van der Waals surface area contributed by atoms with E-state index in [9.17, 15) is 9.18 Å². The maximum absolute atomic E-state index is 13.9. The van der Waals surface area contributed by atoms with E-state index in [1.165, 1.54) is 5.56 Å². The van der Waals surface area contributed by atoms with Crippen molar-refractivity contribution in [2.24, 2.45) is 5.92 Å². The van der Waals surface area contributed by atoms with Crippen LogP contribution >= 0.6 is 22.6 Å². The van der Waals surface area contributed by atoms with E-state index in [1.54, 1.807) is 4.57 Å². The molecule has 0 bridgehead atoms. The Morgan fingerprint density at radius 2 is 2.16 bits per heavy atom. The monoisotopic (exact) mass is 538 g/mol. The second kappa shape index (κ2) is 8.93. The van der Waals surface area contributed by atoms with Crippen LogP contribution in [0.15, 0.2) is 12.1 Å². The van der Waals surface area contributed by atoms with Crippen LogP contribution in [0.4, 0.5) is 10.2 Å². The number of carbonyl (C=O) groups excluding carboxylic acids is 1. The largest absolute Gasteiger partial charge is 0.493 e. The Kier molecular flexibility index (Phi) is 6.26. The summed E-state index contributed by atoms with van der Waals surface area (Å²) in [7, 11) is 0. The van der Waals surface area contributed by atoms with Gasteiger partial charge in [0.15, 0.2) is 17.0 Å². The van der Waals surface area contributed by atoms with Gasteiger partial charge in [-0.05, 0) is 51.8 Å². The summed E-state index contributed by atoms with van der Waals surface area (Å²) in [5.41, 5.74) is 8.84. The number of anilines is 1. The van der Waals surface area contributed by atoms with E-state index >= 15 is 0 Å². The minimum Gasteiger partial charge on any atom is -0.493 e. The van der Waals surface area contributed by atoms with Crippen molar-refractivity contribution in [1.82, 2.24) is 24.8 Å². The Hall–Kier alpha value is -2.50. The van der Waals surface area contributed by atoms with E-state index < -0.39 is 6.08 Å². The van der Waals surface area contributed by atoms with Crippen LogP contribution in [-0.2, 0) is 24.2 Å². The highest BCUT2D eigenvalue weighted by Crippen LogP contribution is 2.31. The van der Waals surface area contributed by atoms with E-state index in [0.29, 0.717) is 49.5 Å². The van der Waals surface area contributed by atoms with Gasteiger partial charge in [-0.25, -0.2) is 4.98 Å². The molecular formula is C21H24FIN6O2. The smallest absolute Gasteiger partial charge is 0.312 e. The van der Waals surface area contributed by atoms with Crippen LogP contribution in [0, 0.1) is 15.6 Å². The average Bonchev–Trinajstić information content (AvgIpc) is 3.26. The zero-order valence-electron chi connectivity index (χ0n) is 17.4. The van der Waals surface area contributed by atoms with Crippen molar-refractivity contribution >= 4 is 45.5 Å². The van der Waals surface area contributed by atoms with Crippen molar-refractivity contribution in [2.75, 3.05) is 18.9 Å². The summed E-state index contributed by atoms with van der Waals surface area (Å²) >= 11 is 2.31. The Morgan fingerprint density at radius 3 is 2.94 bits per heavy atom. The van der Waals surface area contributed by atoms with E-state index in [1.807, 2.05) is 19.9 Å². The highest BCUT2D eigenvalue weighted by Gasteiger charge is 2.20. The lowest BCUT2D eigenvalue weighted by molar-refractivity contribution is -0.121. The lowest BCUT2D eigenvalue weighted by Crippen LogP contribution is -2.28. The molecule has 2 aromatic heterocycles. The second-order valence-corrected chi connectivity index (χ2v) is 9.17. The zero-order valence-corrected chi connectivity index (χ0v) is 19.6. The van der Waals surface area contributed by atoms with Gasteiger partial charge >= 0.3 is 6.08 Å². The predicted molar refractivity (Wildman–Crippen MR) is 123 cm³/mol. The number of halogens is 2. The lowest BCUT2D eigenvalue weighted by atomic mass is 10.1. The lowest BCUT2D eigenvalue weighted by Gasteiger charge is -2.12. The molecule has 1 aliphatic rings. The van der Waals surface area contributed by atoms with Crippen molar-refractivity contribution < 1.29 is 13.9 Å². The van der Waals surface area contributed by atoms with Crippen LogP contribution in [0.3, 0.4) is 0 Å². The molecule has 0 fully saturated rings. The molecule has 1 aliphatic heterocycles. The SMILES string of the molecule is CC(C)CC(=O)NCCn1c(Cc2cc3c(cc2I)CCO3)nc2c(N)nc(F)nc21. The summed E-state index contributed by atoms with van der Waals surface area (Å²) in [4.78, 5) is 24.2. The summed E-state index contributed by atoms with van der Waals surface area (Å²) in [6, 6.07) is 4.17. The Labute approximate surface area is 192 Å². The summed E-state index contributed by atoms with van der Waals surface area (Å²) in [6.45, 7) is 5.44. The fraction of sp³-hybridized carbons (Fsp3) is 0.429. The molecule has 0 radical (unpaired) electrons. The number of fused-ring (bicyclic) bond motifs is 2. The molecule has 1 aromatic carbocycles. The highest BCUT2D eigenvalue weighted by molar-refractivity contribution is 14.1. The summed E-state index contributed by atoms with van der Waals surface area (Å²) in [5, 5.41) is 2.91. The average molecular weight is 538 g/mol. The summed E-state index contributed by atoms with van der Waals surface area (Å²) in [5.74, 6) is 1.82. The maximum Gasteiger partial charge on any atom is 0.312 e. The summed E-state index contributed by atoms with van der Waals surface area (Å²) < 4.78 is 22.5. The molecular weight excluding hydrogens is 514 g/mol. The first kappa shape index (κ1) is 21.7. The molecule has 3 aromatic rings. The molecule has 0 atom stereocenters. The highest BCUT2D eigenvalue weighted by atomic mass is 127. The van der Waals surface area contributed by atoms with Crippen LogP contribution in [0.1, 0.15) is 37.2 Å². The Balaban J connectivity index is 1.65. The van der Waals surface area contributed by atoms with Crippen LogP contribution in [0.25, 0.3) is 11.2 Å². The first-order valence-corrected chi connectivity index (χ1v) is 11.3. The van der Waals surface area contributed by atoms with Gasteiger partial charge < -0.3 is 20.4 Å². The summed E-state index contributed by atoms with van der Waals surface area (Å²) in [6.07, 6.45) is 0.953. The third kappa shape index (κ3) is 4.73. The van der Waals surface area contributed by atoms with E-state index in [-0.39, 0.29) is 17.6 Å². The van der Waals surface area contributed by atoms with Crippen molar-refractivity contribution in [3.8, 4) is 5.75 Å². The number of hydrogen-bond donors (Lipinski definition) is 2. The molecule has 3 heterocycles. The van der Waals surface area contributed by atoms with Gasteiger partial charge in [-0.2, -0.15) is 14.4 Å². The topological polar surface area (TPSA) is 108 Å². The van der Waals surface area contributed by atoms with E-state index in [2.05, 4.69) is 48.9 Å².